The molecule has 2 nitrogen and oxygen atoms in total. The summed E-state index contributed by atoms with van der Waals surface area (Å²) in [5.74, 6) is -2.34. The second kappa shape index (κ2) is 7.77. The molecule has 3 aromatic carbocycles. The first-order chi connectivity index (χ1) is 15.0. The molecule has 1 heterocycles. The average molecular weight is 431 g/mol. The smallest absolute Gasteiger partial charge is 0.214 e. The SMILES string of the molecule is CC(C)(C)c1c(-c2ccccc2)c(-c2ccccc2)c(C(C)(C)C)c2nc(F)c(F)nc12. The van der Waals surface area contributed by atoms with Gasteiger partial charge in [-0.1, -0.05) is 102 Å². The van der Waals surface area contributed by atoms with E-state index in [-0.39, 0.29) is 0 Å². The maximum atomic E-state index is 14.5. The topological polar surface area (TPSA) is 25.8 Å². The number of fused-ring (bicyclic) bond motifs is 1. The van der Waals surface area contributed by atoms with Crippen LogP contribution in [-0.2, 0) is 10.8 Å². The highest BCUT2D eigenvalue weighted by Crippen LogP contribution is 2.49. The van der Waals surface area contributed by atoms with Gasteiger partial charge in [0.15, 0.2) is 0 Å². The van der Waals surface area contributed by atoms with Crippen molar-refractivity contribution in [3.05, 3.63) is 83.7 Å². The van der Waals surface area contributed by atoms with E-state index in [0.29, 0.717) is 11.0 Å². The third-order valence-electron chi connectivity index (χ3n) is 5.66. The van der Waals surface area contributed by atoms with Crippen LogP contribution in [0.4, 0.5) is 8.78 Å². The van der Waals surface area contributed by atoms with Crippen LogP contribution in [0.5, 0.6) is 0 Å². The van der Waals surface area contributed by atoms with E-state index in [1.807, 2.05) is 36.4 Å². The maximum absolute atomic E-state index is 14.5. The predicted molar refractivity (Wildman–Crippen MR) is 128 cm³/mol. The second-order valence-corrected chi connectivity index (χ2v) is 10.2. The lowest BCUT2D eigenvalue weighted by atomic mass is 9.71. The van der Waals surface area contributed by atoms with E-state index in [4.69, 9.17) is 0 Å². The van der Waals surface area contributed by atoms with E-state index in [0.717, 1.165) is 33.4 Å². The molecule has 0 fully saturated rings. The van der Waals surface area contributed by atoms with Crippen molar-refractivity contribution in [1.82, 2.24) is 9.97 Å². The summed E-state index contributed by atoms with van der Waals surface area (Å²) in [4.78, 5) is 8.27. The van der Waals surface area contributed by atoms with Gasteiger partial charge in [-0.3, -0.25) is 0 Å². The minimum absolute atomic E-state index is 0.400. The molecule has 1 aromatic heterocycles. The monoisotopic (exact) mass is 430 g/mol. The van der Waals surface area contributed by atoms with Crippen molar-refractivity contribution in [3.8, 4) is 22.3 Å². The van der Waals surface area contributed by atoms with Crippen molar-refractivity contribution in [2.45, 2.75) is 52.4 Å². The molecule has 32 heavy (non-hydrogen) atoms. The fourth-order valence-corrected chi connectivity index (χ4v) is 4.48. The van der Waals surface area contributed by atoms with Gasteiger partial charge in [-0.05, 0) is 44.2 Å². The van der Waals surface area contributed by atoms with Crippen molar-refractivity contribution >= 4 is 11.0 Å². The van der Waals surface area contributed by atoms with Crippen LogP contribution < -0.4 is 0 Å². The van der Waals surface area contributed by atoms with Crippen LogP contribution in [-0.4, -0.2) is 9.97 Å². The maximum Gasteiger partial charge on any atom is 0.269 e. The minimum atomic E-state index is -1.17. The Morgan fingerprint density at radius 3 is 1.12 bits per heavy atom. The molecule has 0 aliphatic rings. The molecule has 0 saturated heterocycles. The number of halogens is 2. The molecule has 0 bridgehead atoms. The van der Waals surface area contributed by atoms with Gasteiger partial charge in [0.25, 0.3) is 11.9 Å². The molecule has 0 saturated carbocycles. The standard InChI is InChI=1S/C28H28F2N2/c1-27(2,3)21-19(17-13-9-7-10-14-17)20(18-15-11-8-12-16-18)22(28(4,5)6)24-23(21)31-25(29)26(30)32-24/h7-16H,1-6H3. The molecular formula is C28H28F2N2. The molecule has 4 heteroatoms. The summed E-state index contributed by atoms with van der Waals surface area (Å²) in [5.41, 5.74) is 5.74. The van der Waals surface area contributed by atoms with E-state index in [1.54, 1.807) is 0 Å². The largest absolute Gasteiger partial charge is 0.269 e. The molecule has 0 aliphatic heterocycles. The number of hydrogen-bond donors (Lipinski definition) is 0. The van der Waals surface area contributed by atoms with Gasteiger partial charge in [0.2, 0.25) is 0 Å². The number of aromatic nitrogens is 2. The van der Waals surface area contributed by atoms with Gasteiger partial charge in [0.05, 0.1) is 11.0 Å². The van der Waals surface area contributed by atoms with E-state index in [9.17, 15) is 8.78 Å². The van der Waals surface area contributed by atoms with Gasteiger partial charge in [0.1, 0.15) is 0 Å². The van der Waals surface area contributed by atoms with Gasteiger partial charge in [-0.25, -0.2) is 9.97 Å². The predicted octanol–water partition coefficient (Wildman–Crippen LogP) is 7.84. The third-order valence-corrected chi connectivity index (χ3v) is 5.66. The number of benzene rings is 3. The van der Waals surface area contributed by atoms with E-state index in [1.165, 1.54) is 0 Å². The lowest BCUT2D eigenvalue weighted by molar-refractivity contribution is 0.457. The molecule has 0 radical (unpaired) electrons. The lowest BCUT2D eigenvalue weighted by Crippen LogP contribution is -2.21. The highest BCUT2D eigenvalue weighted by Gasteiger charge is 2.34. The summed E-state index contributed by atoms with van der Waals surface area (Å²) in [7, 11) is 0. The van der Waals surface area contributed by atoms with Gasteiger partial charge in [-0.15, -0.1) is 0 Å². The Morgan fingerprint density at radius 1 is 0.531 bits per heavy atom. The van der Waals surface area contributed by atoms with Crippen LogP contribution >= 0.6 is 0 Å². The summed E-state index contributed by atoms with van der Waals surface area (Å²) in [6, 6.07) is 20.2. The van der Waals surface area contributed by atoms with Gasteiger partial charge >= 0.3 is 0 Å². The molecule has 4 aromatic rings. The lowest BCUT2D eigenvalue weighted by Gasteiger charge is -2.33. The average Bonchev–Trinajstić information content (AvgIpc) is 2.73. The Balaban J connectivity index is 2.39. The highest BCUT2D eigenvalue weighted by atomic mass is 19.2. The summed E-state index contributed by atoms with van der Waals surface area (Å²) in [6.07, 6.45) is 0. The Labute approximate surface area is 188 Å². The Hall–Kier alpha value is -3.14. The molecule has 0 amide bonds. The van der Waals surface area contributed by atoms with Crippen molar-refractivity contribution in [2.24, 2.45) is 0 Å². The van der Waals surface area contributed by atoms with Crippen molar-refractivity contribution in [1.29, 1.82) is 0 Å². The molecular weight excluding hydrogens is 402 g/mol. The molecule has 0 unspecified atom stereocenters. The van der Waals surface area contributed by atoms with Crippen LogP contribution in [0.1, 0.15) is 52.7 Å². The van der Waals surface area contributed by atoms with E-state index < -0.39 is 22.7 Å². The molecule has 0 spiro atoms. The van der Waals surface area contributed by atoms with Gasteiger partial charge < -0.3 is 0 Å². The Morgan fingerprint density at radius 2 is 0.844 bits per heavy atom. The minimum Gasteiger partial charge on any atom is -0.214 e. The van der Waals surface area contributed by atoms with Crippen LogP contribution in [0.15, 0.2) is 60.7 Å². The summed E-state index contributed by atoms with van der Waals surface area (Å²) < 4.78 is 28.9. The Bertz CT molecular complexity index is 1180. The van der Waals surface area contributed by atoms with Crippen LogP contribution in [0.2, 0.25) is 0 Å². The van der Waals surface area contributed by atoms with E-state index >= 15 is 0 Å². The molecule has 0 N–H and O–H groups in total. The van der Waals surface area contributed by atoms with Crippen molar-refractivity contribution < 1.29 is 8.78 Å². The quantitative estimate of drug-likeness (QED) is 0.324. The third kappa shape index (κ3) is 3.79. The summed E-state index contributed by atoms with van der Waals surface area (Å²) in [5, 5.41) is 0. The van der Waals surface area contributed by atoms with Crippen LogP contribution in [0.25, 0.3) is 33.3 Å². The fourth-order valence-electron chi connectivity index (χ4n) is 4.48. The van der Waals surface area contributed by atoms with Crippen LogP contribution in [0.3, 0.4) is 0 Å². The van der Waals surface area contributed by atoms with Crippen molar-refractivity contribution in [2.75, 3.05) is 0 Å². The normalized spacial score (nSPS) is 12.4. The van der Waals surface area contributed by atoms with Crippen molar-refractivity contribution in [3.63, 3.8) is 0 Å². The molecule has 0 atom stereocenters. The summed E-state index contributed by atoms with van der Waals surface area (Å²) in [6.45, 7) is 12.4. The highest BCUT2D eigenvalue weighted by molar-refractivity contribution is 6.01. The first-order valence-corrected chi connectivity index (χ1v) is 10.8. The van der Waals surface area contributed by atoms with Crippen LogP contribution in [0, 0.1) is 11.9 Å². The second-order valence-electron chi connectivity index (χ2n) is 10.2. The van der Waals surface area contributed by atoms with Gasteiger partial charge in [0, 0.05) is 0 Å². The molecule has 164 valence electrons. The number of hydrogen-bond acceptors (Lipinski definition) is 2. The number of rotatable bonds is 2. The first-order valence-electron chi connectivity index (χ1n) is 10.8. The van der Waals surface area contributed by atoms with E-state index in [2.05, 4.69) is 75.8 Å². The zero-order chi connectivity index (χ0) is 23.3. The fraction of sp³-hybridized carbons (Fsp3) is 0.286. The Kier molecular flexibility index (Phi) is 5.36. The zero-order valence-electron chi connectivity index (χ0n) is 19.4. The van der Waals surface area contributed by atoms with Gasteiger partial charge in [-0.2, -0.15) is 8.78 Å². The molecule has 4 rings (SSSR count). The first kappa shape index (κ1) is 22.1. The number of nitrogens with zero attached hydrogens (tertiary/aromatic N) is 2. The molecule has 0 aliphatic carbocycles. The summed E-state index contributed by atoms with van der Waals surface area (Å²) >= 11 is 0. The zero-order valence-corrected chi connectivity index (χ0v) is 19.4.